The van der Waals surface area contributed by atoms with Gasteiger partial charge in [-0.2, -0.15) is 0 Å². The number of hydrogen-bond acceptors (Lipinski definition) is 3. The third-order valence-corrected chi connectivity index (χ3v) is 4.22. The molecule has 3 nitrogen and oxygen atoms in total. The SMILES string of the molecule is OC(CNc1ccc(F)c(Br)c1)CC1(O)CCCC1. The first-order chi connectivity index (χ1) is 8.98. The van der Waals surface area contributed by atoms with Crippen LogP contribution in [0.4, 0.5) is 10.1 Å². The summed E-state index contributed by atoms with van der Waals surface area (Å²) in [6.45, 7) is 0.348. The number of aliphatic hydroxyl groups is 2. The van der Waals surface area contributed by atoms with Gasteiger partial charge in [0.05, 0.1) is 16.2 Å². The topological polar surface area (TPSA) is 52.5 Å². The summed E-state index contributed by atoms with van der Waals surface area (Å²) in [5, 5.41) is 23.2. The number of benzene rings is 1. The van der Waals surface area contributed by atoms with Gasteiger partial charge in [0.2, 0.25) is 0 Å². The van der Waals surface area contributed by atoms with Gasteiger partial charge in [-0.05, 0) is 47.0 Å². The van der Waals surface area contributed by atoms with Crippen molar-refractivity contribution in [3.05, 3.63) is 28.5 Å². The lowest BCUT2D eigenvalue weighted by atomic mass is 9.94. The monoisotopic (exact) mass is 331 g/mol. The average molecular weight is 332 g/mol. The molecule has 106 valence electrons. The average Bonchev–Trinajstić information content (AvgIpc) is 2.77. The molecule has 0 aliphatic heterocycles. The second-order valence-corrected chi connectivity index (χ2v) is 6.15. The van der Waals surface area contributed by atoms with Crippen LogP contribution >= 0.6 is 15.9 Å². The number of halogens is 2. The maximum absolute atomic E-state index is 13.1. The summed E-state index contributed by atoms with van der Waals surface area (Å²) >= 11 is 3.12. The van der Waals surface area contributed by atoms with Crippen LogP contribution in [0.5, 0.6) is 0 Å². The number of aliphatic hydroxyl groups excluding tert-OH is 1. The first-order valence-corrected chi connectivity index (χ1v) is 7.37. The van der Waals surface area contributed by atoms with Crippen molar-refractivity contribution in [2.45, 2.75) is 43.8 Å². The Labute approximate surface area is 121 Å². The van der Waals surface area contributed by atoms with E-state index in [1.807, 2.05) is 0 Å². The first kappa shape index (κ1) is 14.8. The third-order valence-electron chi connectivity index (χ3n) is 3.61. The molecular weight excluding hydrogens is 313 g/mol. The van der Waals surface area contributed by atoms with E-state index in [9.17, 15) is 14.6 Å². The standard InChI is InChI=1S/C14H19BrFNO2/c15-12-7-10(3-4-13(12)16)17-9-11(18)8-14(19)5-1-2-6-14/h3-4,7,11,17-19H,1-2,5-6,8-9H2. The van der Waals surface area contributed by atoms with Crippen LogP contribution in [-0.4, -0.2) is 28.5 Å². The maximum atomic E-state index is 13.1. The summed E-state index contributed by atoms with van der Waals surface area (Å²) in [5.41, 5.74) is 0.0375. The molecule has 5 heteroatoms. The molecule has 3 N–H and O–H groups in total. The highest BCUT2D eigenvalue weighted by Gasteiger charge is 2.33. The quantitative estimate of drug-likeness (QED) is 0.777. The highest BCUT2D eigenvalue weighted by molar-refractivity contribution is 9.10. The van der Waals surface area contributed by atoms with E-state index in [2.05, 4.69) is 21.2 Å². The van der Waals surface area contributed by atoms with E-state index in [0.29, 0.717) is 17.4 Å². The van der Waals surface area contributed by atoms with Crippen LogP contribution in [0.25, 0.3) is 0 Å². The van der Waals surface area contributed by atoms with Crippen LogP contribution in [0, 0.1) is 5.82 Å². The van der Waals surface area contributed by atoms with Crippen LogP contribution in [-0.2, 0) is 0 Å². The maximum Gasteiger partial charge on any atom is 0.137 e. The van der Waals surface area contributed by atoms with Gasteiger partial charge in [-0.1, -0.05) is 12.8 Å². The smallest absolute Gasteiger partial charge is 0.137 e. The van der Waals surface area contributed by atoms with Crippen LogP contribution in [0.2, 0.25) is 0 Å². The minimum atomic E-state index is -0.704. The molecule has 1 unspecified atom stereocenters. The van der Waals surface area contributed by atoms with Gasteiger partial charge in [0.1, 0.15) is 5.82 Å². The Morgan fingerprint density at radius 2 is 2.05 bits per heavy atom. The molecule has 1 atom stereocenters. The van der Waals surface area contributed by atoms with Gasteiger partial charge in [0.15, 0.2) is 0 Å². The molecule has 0 amide bonds. The van der Waals surface area contributed by atoms with Crippen LogP contribution in [0.3, 0.4) is 0 Å². The molecule has 1 aromatic carbocycles. The number of hydrogen-bond donors (Lipinski definition) is 3. The lowest BCUT2D eigenvalue weighted by Crippen LogP contribution is -2.33. The summed E-state index contributed by atoms with van der Waals surface area (Å²) in [7, 11) is 0. The molecule has 0 radical (unpaired) electrons. The number of rotatable bonds is 5. The normalized spacial score (nSPS) is 19.4. The highest BCUT2D eigenvalue weighted by atomic mass is 79.9. The summed E-state index contributed by atoms with van der Waals surface area (Å²) < 4.78 is 13.5. The van der Waals surface area contributed by atoms with Gasteiger partial charge in [-0.15, -0.1) is 0 Å². The van der Waals surface area contributed by atoms with Gasteiger partial charge in [-0.3, -0.25) is 0 Å². The number of nitrogens with one attached hydrogen (secondary N) is 1. The molecule has 0 saturated heterocycles. The largest absolute Gasteiger partial charge is 0.391 e. The molecule has 0 aromatic heterocycles. The lowest BCUT2D eigenvalue weighted by Gasteiger charge is -2.25. The van der Waals surface area contributed by atoms with Crippen molar-refractivity contribution < 1.29 is 14.6 Å². The van der Waals surface area contributed by atoms with Crippen molar-refractivity contribution in [2.24, 2.45) is 0 Å². The molecule has 1 fully saturated rings. The molecule has 1 saturated carbocycles. The van der Waals surface area contributed by atoms with Crippen molar-refractivity contribution in [3.8, 4) is 0 Å². The fourth-order valence-corrected chi connectivity index (χ4v) is 2.97. The van der Waals surface area contributed by atoms with E-state index in [-0.39, 0.29) is 5.82 Å². The Balaban J connectivity index is 1.82. The van der Waals surface area contributed by atoms with E-state index in [0.717, 1.165) is 31.4 Å². The molecule has 0 heterocycles. The van der Waals surface area contributed by atoms with Crippen molar-refractivity contribution >= 4 is 21.6 Å². The Morgan fingerprint density at radius 3 is 2.68 bits per heavy atom. The second kappa shape index (κ2) is 6.20. The predicted octanol–water partition coefficient (Wildman–Crippen LogP) is 3.06. The highest BCUT2D eigenvalue weighted by Crippen LogP contribution is 2.33. The van der Waals surface area contributed by atoms with E-state index < -0.39 is 11.7 Å². The Hall–Kier alpha value is -0.650. The molecule has 19 heavy (non-hydrogen) atoms. The fourth-order valence-electron chi connectivity index (χ4n) is 2.59. The molecule has 1 aromatic rings. The van der Waals surface area contributed by atoms with Crippen molar-refractivity contribution in [3.63, 3.8) is 0 Å². The fraction of sp³-hybridized carbons (Fsp3) is 0.571. The van der Waals surface area contributed by atoms with E-state index >= 15 is 0 Å². The zero-order chi connectivity index (χ0) is 13.9. The van der Waals surface area contributed by atoms with Gasteiger partial charge in [0.25, 0.3) is 0 Å². The molecule has 0 spiro atoms. The van der Waals surface area contributed by atoms with E-state index in [1.54, 1.807) is 12.1 Å². The second-order valence-electron chi connectivity index (χ2n) is 5.30. The Kier molecular flexibility index (Phi) is 4.81. The Bertz CT molecular complexity index is 435. The number of anilines is 1. The first-order valence-electron chi connectivity index (χ1n) is 6.58. The van der Waals surface area contributed by atoms with Crippen LogP contribution in [0.15, 0.2) is 22.7 Å². The summed E-state index contributed by atoms with van der Waals surface area (Å²) in [6, 6.07) is 4.62. The van der Waals surface area contributed by atoms with E-state index in [4.69, 9.17) is 0 Å². The lowest BCUT2D eigenvalue weighted by molar-refractivity contribution is -0.00154. The van der Waals surface area contributed by atoms with E-state index in [1.165, 1.54) is 6.07 Å². The van der Waals surface area contributed by atoms with Gasteiger partial charge < -0.3 is 15.5 Å². The molecule has 1 aliphatic carbocycles. The molecule has 2 rings (SSSR count). The van der Waals surface area contributed by atoms with Gasteiger partial charge >= 0.3 is 0 Å². The minimum absolute atomic E-state index is 0.314. The summed E-state index contributed by atoms with van der Waals surface area (Å²) in [4.78, 5) is 0. The summed E-state index contributed by atoms with van der Waals surface area (Å²) in [6.07, 6.45) is 3.39. The molecule has 0 bridgehead atoms. The molecular formula is C14H19BrFNO2. The Morgan fingerprint density at radius 1 is 1.37 bits per heavy atom. The zero-order valence-corrected chi connectivity index (χ0v) is 12.3. The van der Waals surface area contributed by atoms with Crippen LogP contribution < -0.4 is 5.32 Å². The zero-order valence-electron chi connectivity index (χ0n) is 10.7. The van der Waals surface area contributed by atoms with Crippen molar-refractivity contribution in [2.75, 3.05) is 11.9 Å². The van der Waals surface area contributed by atoms with Gasteiger partial charge in [0, 0.05) is 18.7 Å². The predicted molar refractivity (Wildman–Crippen MR) is 76.6 cm³/mol. The van der Waals surface area contributed by atoms with Crippen molar-refractivity contribution in [1.29, 1.82) is 0 Å². The summed E-state index contributed by atoms with van der Waals surface area (Å²) in [5.74, 6) is -0.314. The minimum Gasteiger partial charge on any atom is -0.391 e. The third kappa shape index (κ3) is 4.16. The molecule has 1 aliphatic rings. The van der Waals surface area contributed by atoms with Crippen molar-refractivity contribution in [1.82, 2.24) is 0 Å². The van der Waals surface area contributed by atoms with Gasteiger partial charge in [-0.25, -0.2) is 4.39 Å². The van der Waals surface area contributed by atoms with Crippen LogP contribution in [0.1, 0.15) is 32.1 Å².